The summed E-state index contributed by atoms with van der Waals surface area (Å²) in [6.45, 7) is 4.79. The van der Waals surface area contributed by atoms with Gasteiger partial charge in [0.2, 0.25) is 0 Å². The van der Waals surface area contributed by atoms with E-state index in [4.69, 9.17) is 21.9 Å². The fourth-order valence-corrected chi connectivity index (χ4v) is 2.31. The summed E-state index contributed by atoms with van der Waals surface area (Å²) in [6.07, 6.45) is 4.27. The van der Waals surface area contributed by atoms with Crippen molar-refractivity contribution in [3.05, 3.63) is 40.6 Å². The fraction of sp³-hybridized carbons (Fsp3) is 0.417. The minimum Gasteiger partial charge on any atom is -0.469 e. The van der Waals surface area contributed by atoms with Gasteiger partial charge in [0, 0.05) is 12.1 Å². The van der Waals surface area contributed by atoms with Gasteiger partial charge in [-0.3, -0.25) is 10.5 Å². The molecule has 1 atom stereocenters. The van der Waals surface area contributed by atoms with Crippen LogP contribution < -0.4 is 11.3 Å². The van der Waals surface area contributed by atoms with Gasteiger partial charge in [-0.1, -0.05) is 18.5 Å². The summed E-state index contributed by atoms with van der Waals surface area (Å²) in [6, 6.07) is 1.67. The highest BCUT2D eigenvalue weighted by Crippen LogP contribution is 2.30. The zero-order chi connectivity index (χ0) is 13.1. The summed E-state index contributed by atoms with van der Waals surface area (Å²) in [4.78, 5) is 0. The monoisotopic (exact) mass is 268 g/mol. The third kappa shape index (κ3) is 2.29. The van der Waals surface area contributed by atoms with Crippen molar-refractivity contribution in [2.75, 3.05) is 0 Å². The molecule has 2 aromatic heterocycles. The number of nitrogens with one attached hydrogen (secondary N) is 1. The molecular weight excluding hydrogens is 252 g/mol. The molecule has 2 aromatic rings. The maximum absolute atomic E-state index is 6.21. The lowest BCUT2D eigenvalue weighted by atomic mass is 10.1. The largest absolute Gasteiger partial charge is 0.469 e. The minimum atomic E-state index is -0.217. The standard InChI is InChI=1S/C12H17ClN4O/c1-3-5-17-12(10(13)7-15-17)11(16-14)9-4-6-18-8(9)2/h4,6-7,11,16H,3,5,14H2,1-2H3. The highest BCUT2D eigenvalue weighted by Gasteiger charge is 2.23. The molecule has 5 nitrogen and oxygen atoms in total. The Bertz CT molecular complexity index is 520. The number of aryl methyl sites for hydroxylation is 2. The van der Waals surface area contributed by atoms with Gasteiger partial charge in [0.25, 0.3) is 0 Å². The van der Waals surface area contributed by atoms with Crippen LogP contribution in [0.4, 0.5) is 0 Å². The molecule has 0 aliphatic carbocycles. The van der Waals surface area contributed by atoms with Crippen molar-refractivity contribution in [3.63, 3.8) is 0 Å². The summed E-state index contributed by atoms with van der Waals surface area (Å²) in [5.74, 6) is 6.48. The lowest BCUT2D eigenvalue weighted by Gasteiger charge is -2.17. The molecule has 18 heavy (non-hydrogen) atoms. The Kier molecular flexibility index (Phi) is 4.06. The van der Waals surface area contributed by atoms with Crippen LogP contribution in [-0.2, 0) is 6.54 Å². The highest BCUT2D eigenvalue weighted by molar-refractivity contribution is 6.31. The maximum atomic E-state index is 6.21. The topological polar surface area (TPSA) is 69.0 Å². The van der Waals surface area contributed by atoms with Crippen LogP contribution in [0.5, 0.6) is 0 Å². The number of aromatic nitrogens is 2. The van der Waals surface area contributed by atoms with E-state index in [9.17, 15) is 0 Å². The van der Waals surface area contributed by atoms with Crippen molar-refractivity contribution in [1.29, 1.82) is 0 Å². The number of hydrogen-bond acceptors (Lipinski definition) is 4. The molecule has 0 aromatic carbocycles. The van der Waals surface area contributed by atoms with Crippen molar-refractivity contribution in [1.82, 2.24) is 15.2 Å². The van der Waals surface area contributed by atoms with Gasteiger partial charge in [0.05, 0.1) is 29.2 Å². The lowest BCUT2D eigenvalue weighted by Crippen LogP contribution is -2.31. The zero-order valence-electron chi connectivity index (χ0n) is 10.5. The summed E-state index contributed by atoms with van der Waals surface area (Å²) in [5.41, 5.74) is 4.62. The van der Waals surface area contributed by atoms with Crippen molar-refractivity contribution in [2.24, 2.45) is 5.84 Å². The molecule has 0 bridgehead atoms. The average Bonchev–Trinajstić information content (AvgIpc) is 2.91. The average molecular weight is 269 g/mol. The number of hydrazine groups is 1. The molecule has 98 valence electrons. The van der Waals surface area contributed by atoms with Gasteiger partial charge in [-0.2, -0.15) is 5.10 Å². The van der Waals surface area contributed by atoms with E-state index in [0.29, 0.717) is 5.02 Å². The van der Waals surface area contributed by atoms with Crippen molar-refractivity contribution < 1.29 is 4.42 Å². The van der Waals surface area contributed by atoms with Gasteiger partial charge >= 0.3 is 0 Å². The van der Waals surface area contributed by atoms with Crippen LogP contribution in [0.3, 0.4) is 0 Å². The van der Waals surface area contributed by atoms with E-state index in [-0.39, 0.29) is 6.04 Å². The van der Waals surface area contributed by atoms with Crippen LogP contribution in [0.1, 0.15) is 36.4 Å². The summed E-state index contributed by atoms with van der Waals surface area (Å²) in [7, 11) is 0. The van der Waals surface area contributed by atoms with E-state index in [1.807, 2.05) is 17.7 Å². The summed E-state index contributed by atoms with van der Waals surface area (Å²) < 4.78 is 7.19. The van der Waals surface area contributed by atoms with Crippen LogP contribution in [0.25, 0.3) is 0 Å². The molecule has 6 heteroatoms. The second-order valence-corrected chi connectivity index (χ2v) is 4.54. The predicted molar refractivity (Wildman–Crippen MR) is 70.1 cm³/mol. The molecule has 2 rings (SSSR count). The van der Waals surface area contributed by atoms with Gasteiger partial charge in [-0.15, -0.1) is 0 Å². The molecular formula is C12H17ClN4O. The number of halogens is 1. The Hall–Kier alpha value is -1.30. The Morgan fingerprint density at radius 3 is 2.94 bits per heavy atom. The SMILES string of the molecule is CCCn1ncc(Cl)c1C(NN)c1ccoc1C. The number of furan rings is 1. The Morgan fingerprint density at radius 1 is 1.61 bits per heavy atom. The zero-order valence-corrected chi connectivity index (χ0v) is 11.2. The number of nitrogens with two attached hydrogens (primary N) is 1. The molecule has 0 spiro atoms. The molecule has 1 unspecified atom stereocenters. The lowest BCUT2D eigenvalue weighted by molar-refractivity contribution is 0.498. The second kappa shape index (κ2) is 5.56. The number of nitrogens with zero attached hydrogens (tertiary/aromatic N) is 2. The molecule has 0 radical (unpaired) electrons. The van der Waals surface area contributed by atoms with Gasteiger partial charge in [0.1, 0.15) is 5.76 Å². The fourth-order valence-electron chi connectivity index (χ4n) is 2.06. The summed E-state index contributed by atoms with van der Waals surface area (Å²) in [5, 5.41) is 4.88. The Labute approximate surface area is 111 Å². The normalized spacial score (nSPS) is 12.9. The molecule has 2 heterocycles. The number of rotatable bonds is 5. The Morgan fingerprint density at radius 2 is 2.39 bits per heavy atom. The predicted octanol–water partition coefficient (Wildman–Crippen LogP) is 2.40. The van der Waals surface area contributed by atoms with Gasteiger partial charge in [-0.25, -0.2) is 5.43 Å². The Balaban J connectivity index is 2.45. The molecule has 0 aliphatic rings. The number of hydrogen-bond donors (Lipinski definition) is 2. The van der Waals surface area contributed by atoms with Crippen LogP contribution in [0.2, 0.25) is 5.02 Å². The van der Waals surface area contributed by atoms with Crippen molar-refractivity contribution in [2.45, 2.75) is 32.9 Å². The molecule has 0 fully saturated rings. The minimum absolute atomic E-state index is 0.217. The first-order valence-corrected chi connectivity index (χ1v) is 6.28. The van der Waals surface area contributed by atoms with E-state index in [1.165, 1.54) is 0 Å². The molecule has 0 saturated carbocycles. The van der Waals surface area contributed by atoms with Crippen molar-refractivity contribution in [3.8, 4) is 0 Å². The highest BCUT2D eigenvalue weighted by atomic mass is 35.5. The van der Waals surface area contributed by atoms with Gasteiger partial charge in [-0.05, 0) is 19.4 Å². The molecule has 0 saturated heterocycles. The van der Waals surface area contributed by atoms with Crippen molar-refractivity contribution >= 4 is 11.6 Å². The molecule has 0 aliphatic heterocycles. The first-order valence-electron chi connectivity index (χ1n) is 5.90. The maximum Gasteiger partial charge on any atom is 0.105 e. The van der Waals surface area contributed by atoms with Crippen LogP contribution in [0, 0.1) is 6.92 Å². The van der Waals surface area contributed by atoms with E-state index >= 15 is 0 Å². The summed E-state index contributed by atoms with van der Waals surface area (Å²) >= 11 is 6.21. The van der Waals surface area contributed by atoms with Crippen LogP contribution in [0.15, 0.2) is 22.9 Å². The van der Waals surface area contributed by atoms with E-state index < -0.39 is 0 Å². The quantitative estimate of drug-likeness (QED) is 0.645. The second-order valence-electron chi connectivity index (χ2n) is 4.13. The third-order valence-electron chi connectivity index (χ3n) is 2.92. The molecule has 3 N–H and O–H groups in total. The van der Waals surface area contributed by atoms with E-state index in [2.05, 4.69) is 17.4 Å². The van der Waals surface area contributed by atoms with E-state index in [1.54, 1.807) is 12.5 Å². The van der Waals surface area contributed by atoms with Crippen LogP contribution in [-0.4, -0.2) is 9.78 Å². The van der Waals surface area contributed by atoms with Gasteiger partial charge in [0.15, 0.2) is 0 Å². The first kappa shape index (κ1) is 13.1. The van der Waals surface area contributed by atoms with E-state index in [0.717, 1.165) is 30.0 Å². The third-order valence-corrected chi connectivity index (χ3v) is 3.21. The molecule has 0 amide bonds. The van der Waals surface area contributed by atoms with Crippen LogP contribution >= 0.6 is 11.6 Å². The smallest absolute Gasteiger partial charge is 0.105 e. The van der Waals surface area contributed by atoms with Gasteiger partial charge < -0.3 is 4.42 Å². The first-order chi connectivity index (χ1) is 8.69.